The maximum Gasteiger partial charge on any atom is 0.256 e. The van der Waals surface area contributed by atoms with Gasteiger partial charge in [-0.2, -0.15) is 5.10 Å². The van der Waals surface area contributed by atoms with Gasteiger partial charge < -0.3 is 15.4 Å². The third-order valence-corrected chi connectivity index (χ3v) is 3.64. The third kappa shape index (κ3) is 3.88. The molecule has 0 radical (unpaired) electrons. The van der Waals surface area contributed by atoms with Crippen LogP contribution in [0, 0.1) is 0 Å². The highest BCUT2D eigenvalue weighted by Gasteiger charge is 2.15. The number of nitrogens with one attached hydrogen (secondary N) is 2. The molecule has 0 saturated heterocycles. The molecule has 1 aromatic carbocycles. The highest BCUT2D eigenvalue weighted by atomic mass is 16.5. The van der Waals surface area contributed by atoms with Crippen molar-refractivity contribution in [2.45, 2.75) is 26.4 Å². The molecule has 0 saturated carbocycles. The maximum atomic E-state index is 12.3. The third-order valence-electron chi connectivity index (χ3n) is 3.64. The number of benzene rings is 1. The van der Waals surface area contributed by atoms with Gasteiger partial charge in [0.25, 0.3) is 5.91 Å². The number of hydrogen-bond donors (Lipinski definition) is 2. The molecule has 1 amide bonds. The van der Waals surface area contributed by atoms with Crippen LogP contribution in [0.25, 0.3) is 5.65 Å². The molecule has 0 aliphatic rings. The first-order valence-corrected chi connectivity index (χ1v) is 8.09. The molecule has 3 aromatic rings. The lowest BCUT2D eigenvalue weighted by molar-refractivity contribution is 0.0944. The SMILES string of the molecule is COc1cccc(CNc2ccn3ncc(C(=O)NC(C)C)c3n2)c1. The van der Waals surface area contributed by atoms with Crippen molar-refractivity contribution in [1.82, 2.24) is 19.9 Å². The zero-order chi connectivity index (χ0) is 17.8. The average molecular weight is 339 g/mol. The largest absolute Gasteiger partial charge is 0.497 e. The molecule has 2 heterocycles. The van der Waals surface area contributed by atoms with Crippen molar-refractivity contribution >= 4 is 17.4 Å². The summed E-state index contributed by atoms with van der Waals surface area (Å²) in [5, 5.41) is 10.3. The molecule has 7 heteroatoms. The summed E-state index contributed by atoms with van der Waals surface area (Å²) in [5.41, 5.74) is 2.06. The van der Waals surface area contributed by atoms with Crippen molar-refractivity contribution in [1.29, 1.82) is 0 Å². The highest BCUT2D eigenvalue weighted by molar-refractivity contribution is 5.99. The van der Waals surface area contributed by atoms with E-state index in [4.69, 9.17) is 4.74 Å². The molecule has 0 bridgehead atoms. The summed E-state index contributed by atoms with van der Waals surface area (Å²) in [6, 6.07) is 9.69. The fourth-order valence-electron chi connectivity index (χ4n) is 2.44. The Hall–Kier alpha value is -3.09. The van der Waals surface area contributed by atoms with Gasteiger partial charge in [-0.3, -0.25) is 4.79 Å². The van der Waals surface area contributed by atoms with E-state index in [1.807, 2.05) is 44.2 Å². The maximum absolute atomic E-state index is 12.3. The Bertz CT molecular complexity index is 888. The van der Waals surface area contributed by atoms with Crippen LogP contribution < -0.4 is 15.4 Å². The fraction of sp³-hybridized carbons (Fsp3) is 0.278. The Morgan fingerprint density at radius 3 is 2.92 bits per heavy atom. The van der Waals surface area contributed by atoms with Crippen molar-refractivity contribution in [2.24, 2.45) is 0 Å². The van der Waals surface area contributed by atoms with Gasteiger partial charge in [-0.05, 0) is 37.6 Å². The highest BCUT2D eigenvalue weighted by Crippen LogP contribution is 2.15. The molecular formula is C18H21N5O2. The molecule has 0 aliphatic heterocycles. The number of anilines is 1. The van der Waals surface area contributed by atoms with E-state index in [2.05, 4.69) is 20.7 Å². The van der Waals surface area contributed by atoms with Crippen molar-refractivity contribution in [2.75, 3.05) is 12.4 Å². The van der Waals surface area contributed by atoms with Crippen molar-refractivity contribution in [3.8, 4) is 5.75 Å². The van der Waals surface area contributed by atoms with Gasteiger partial charge in [0.2, 0.25) is 0 Å². The zero-order valence-electron chi connectivity index (χ0n) is 14.5. The first kappa shape index (κ1) is 16.8. The average Bonchev–Trinajstić information content (AvgIpc) is 3.03. The van der Waals surface area contributed by atoms with Crippen LogP contribution in [-0.2, 0) is 6.54 Å². The quantitative estimate of drug-likeness (QED) is 0.721. The first-order chi connectivity index (χ1) is 12.1. The second kappa shape index (κ2) is 7.21. The van der Waals surface area contributed by atoms with E-state index in [9.17, 15) is 4.79 Å². The van der Waals surface area contributed by atoms with E-state index in [0.29, 0.717) is 23.6 Å². The molecule has 0 spiro atoms. The molecule has 130 valence electrons. The Balaban J connectivity index is 1.79. The number of amides is 1. The molecule has 0 aliphatic carbocycles. The van der Waals surface area contributed by atoms with Gasteiger partial charge in [0.15, 0.2) is 5.65 Å². The van der Waals surface area contributed by atoms with E-state index in [1.54, 1.807) is 17.8 Å². The summed E-state index contributed by atoms with van der Waals surface area (Å²) in [4.78, 5) is 16.8. The van der Waals surface area contributed by atoms with Crippen molar-refractivity contribution in [3.63, 3.8) is 0 Å². The molecule has 0 fully saturated rings. The lowest BCUT2D eigenvalue weighted by atomic mass is 10.2. The van der Waals surface area contributed by atoms with Crippen LogP contribution in [0.15, 0.2) is 42.7 Å². The summed E-state index contributed by atoms with van der Waals surface area (Å²) >= 11 is 0. The summed E-state index contributed by atoms with van der Waals surface area (Å²) in [7, 11) is 1.64. The minimum Gasteiger partial charge on any atom is -0.497 e. The summed E-state index contributed by atoms with van der Waals surface area (Å²) < 4.78 is 6.82. The Morgan fingerprint density at radius 1 is 1.32 bits per heavy atom. The topological polar surface area (TPSA) is 80.5 Å². The number of rotatable bonds is 6. The minimum absolute atomic E-state index is 0.0526. The van der Waals surface area contributed by atoms with Gasteiger partial charge in [0, 0.05) is 18.8 Å². The molecule has 2 N–H and O–H groups in total. The number of fused-ring (bicyclic) bond motifs is 1. The van der Waals surface area contributed by atoms with E-state index < -0.39 is 0 Å². The van der Waals surface area contributed by atoms with Crippen LogP contribution in [0.2, 0.25) is 0 Å². The Morgan fingerprint density at radius 2 is 2.16 bits per heavy atom. The van der Waals surface area contributed by atoms with Crippen LogP contribution in [0.3, 0.4) is 0 Å². The van der Waals surface area contributed by atoms with Crippen LogP contribution in [-0.4, -0.2) is 33.7 Å². The zero-order valence-corrected chi connectivity index (χ0v) is 14.5. The van der Waals surface area contributed by atoms with E-state index in [1.165, 1.54) is 6.20 Å². The predicted molar refractivity (Wildman–Crippen MR) is 95.9 cm³/mol. The number of aromatic nitrogens is 3. The lowest BCUT2D eigenvalue weighted by Gasteiger charge is -2.09. The standard InChI is InChI=1S/C18H21N5O2/c1-12(2)21-18(24)15-11-20-23-8-7-16(22-17(15)23)19-10-13-5-4-6-14(9-13)25-3/h4-9,11-12H,10H2,1-3H3,(H,19,22)(H,21,24). The molecule has 0 atom stereocenters. The van der Waals surface area contributed by atoms with E-state index >= 15 is 0 Å². The smallest absolute Gasteiger partial charge is 0.256 e. The number of hydrogen-bond acceptors (Lipinski definition) is 5. The van der Waals surface area contributed by atoms with Gasteiger partial charge in [-0.1, -0.05) is 12.1 Å². The number of ether oxygens (including phenoxy) is 1. The van der Waals surface area contributed by atoms with Gasteiger partial charge in [-0.15, -0.1) is 0 Å². The second-order valence-corrected chi connectivity index (χ2v) is 5.97. The van der Waals surface area contributed by atoms with Crippen LogP contribution in [0.4, 0.5) is 5.82 Å². The normalized spacial score (nSPS) is 10.9. The number of carbonyl (C=O) groups excluding carboxylic acids is 1. The number of nitrogens with zero attached hydrogens (tertiary/aromatic N) is 3. The first-order valence-electron chi connectivity index (χ1n) is 8.09. The minimum atomic E-state index is -0.178. The van der Waals surface area contributed by atoms with Gasteiger partial charge in [0.1, 0.15) is 17.1 Å². The molecular weight excluding hydrogens is 318 g/mol. The summed E-state index contributed by atoms with van der Waals surface area (Å²) in [5.74, 6) is 1.31. The lowest BCUT2D eigenvalue weighted by Crippen LogP contribution is -2.30. The van der Waals surface area contributed by atoms with Crippen LogP contribution in [0.5, 0.6) is 5.75 Å². The van der Waals surface area contributed by atoms with Gasteiger partial charge >= 0.3 is 0 Å². The van der Waals surface area contributed by atoms with Crippen LogP contribution in [0.1, 0.15) is 29.8 Å². The Labute approximate surface area is 146 Å². The fourth-order valence-corrected chi connectivity index (χ4v) is 2.44. The van der Waals surface area contributed by atoms with Crippen LogP contribution >= 0.6 is 0 Å². The number of methoxy groups -OCH3 is 1. The Kier molecular flexibility index (Phi) is 4.83. The number of carbonyl (C=O) groups is 1. The summed E-state index contributed by atoms with van der Waals surface area (Å²) in [6.07, 6.45) is 3.31. The van der Waals surface area contributed by atoms with Gasteiger partial charge in [-0.25, -0.2) is 9.50 Å². The predicted octanol–water partition coefficient (Wildman–Crippen LogP) is 2.49. The van der Waals surface area contributed by atoms with Gasteiger partial charge in [0.05, 0.1) is 13.3 Å². The molecule has 25 heavy (non-hydrogen) atoms. The monoisotopic (exact) mass is 339 g/mol. The summed E-state index contributed by atoms with van der Waals surface area (Å²) in [6.45, 7) is 4.43. The molecule has 7 nitrogen and oxygen atoms in total. The molecule has 0 unspecified atom stereocenters. The van der Waals surface area contributed by atoms with Crippen molar-refractivity contribution < 1.29 is 9.53 Å². The van der Waals surface area contributed by atoms with Crippen molar-refractivity contribution in [3.05, 3.63) is 53.9 Å². The van der Waals surface area contributed by atoms with E-state index in [-0.39, 0.29) is 11.9 Å². The second-order valence-electron chi connectivity index (χ2n) is 5.97. The molecule has 2 aromatic heterocycles. The van der Waals surface area contributed by atoms with E-state index in [0.717, 1.165) is 11.3 Å². The molecule has 3 rings (SSSR count).